The molecule has 0 aliphatic carbocycles. The molecular formula is C21H27ClN4. The number of allylic oxidation sites excluding steroid dienone is 1. The Bertz CT molecular complexity index is 789. The van der Waals surface area contributed by atoms with Crippen LogP contribution in [0.25, 0.3) is 0 Å². The SMILES string of the molecule is CC1=CC2Cc3cc(Cl)ccc3N=C(N3CCNCC3)C(=NC1C)C2C. The number of nitrogens with zero attached hydrogens (tertiary/aromatic N) is 3. The maximum atomic E-state index is 6.30. The summed E-state index contributed by atoms with van der Waals surface area (Å²) in [5.41, 5.74) is 4.79. The molecule has 2 bridgehead atoms. The maximum Gasteiger partial charge on any atom is 0.150 e. The first-order chi connectivity index (χ1) is 12.5. The predicted molar refractivity (Wildman–Crippen MR) is 110 cm³/mol. The zero-order valence-corrected chi connectivity index (χ0v) is 16.6. The lowest BCUT2D eigenvalue weighted by Gasteiger charge is -2.35. The molecule has 0 amide bonds. The maximum absolute atomic E-state index is 6.30. The van der Waals surface area contributed by atoms with Crippen molar-refractivity contribution in [3.05, 3.63) is 40.4 Å². The normalized spacial score (nSPS) is 28.8. The van der Waals surface area contributed by atoms with E-state index in [1.807, 2.05) is 6.07 Å². The molecule has 3 aliphatic heterocycles. The minimum absolute atomic E-state index is 0.204. The van der Waals surface area contributed by atoms with Gasteiger partial charge in [-0.05, 0) is 49.9 Å². The number of halogens is 1. The first kappa shape index (κ1) is 17.7. The highest BCUT2D eigenvalue weighted by Crippen LogP contribution is 2.35. The quantitative estimate of drug-likeness (QED) is 0.704. The standard InChI is InChI=1S/C21H27ClN4/c1-13-10-16-11-17-12-18(22)4-5-19(17)25-21(26-8-6-23-7-9-26)20(14(16)2)24-15(13)3/h4-5,10,12,14-16,23H,6-9,11H2,1-3H3. The number of benzene rings is 1. The van der Waals surface area contributed by atoms with Gasteiger partial charge in [-0.2, -0.15) is 0 Å². The largest absolute Gasteiger partial charge is 0.353 e. The van der Waals surface area contributed by atoms with Crippen molar-refractivity contribution in [2.45, 2.75) is 33.2 Å². The van der Waals surface area contributed by atoms with E-state index < -0.39 is 0 Å². The van der Waals surface area contributed by atoms with Gasteiger partial charge in [0.25, 0.3) is 0 Å². The monoisotopic (exact) mass is 370 g/mol. The second-order valence-electron chi connectivity index (χ2n) is 7.70. The molecule has 3 unspecified atom stereocenters. The number of fused-ring (bicyclic) bond motifs is 3. The third kappa shape index (κ3) is 3.33. The Balaban J connectivity index is 1.90. The van der Waals surface area contributed by atoms with E-state index in [2.05, 4.69) is 49.2 Å². The van der Waals surface area contributed by atoms with Crippen molar-refractivity contribution < 1.29 is 0 Å². The first-order valence-corrected chi connectivity index (χ1v) is 10.00. The summed E-state index contributed by atoms with van der Waals surface area (Å²) in [5.74, 6) is 1.82. The van der Waals surface area contributed by atoms with Gasteiger partial charge in [0.05, 0.1) is 17.4 Å². The zero-order valence-electron chi connectivity index (χ0n) is 15.8. The Morgan fingerprint density at radius 2 is 1.96 bits per heavy atom. The second kappa shape index (κ2) is 7.16. The average molecular weight is 371 g/mol. The van der Waals surface area contributed by atoms with Gasteiger partial charge in [0.15, 0.2) is 5.84 Å². The van der Waals surface area contributed by atoms with Crippen LogP contribution in [-0.4, -0.2) is 48.7 Å². The molecule has 1 aromatic rings. The van der Waals surface area contributed by atoms with Gasteiger partial charge in [-0.25, -0.2) is 4.99 Å². The Labute approximate surface area is 161 Å². The molecule has 3 aliphatic rings. The summed E-state index contributed by atoms with van der Waals surface area (Å²) in [6.45, 7) is 10.6. The van der Waals surface area contributed by atoms with Crippen LogP contribution in [-0.2, 0) is 6.42 Å². The highest BCUT2D eigenvalue weighted by Gasteiger charge is 2.33. The third-order valence-electron chi connectivity index (χ3n) is 5.91. The van der Waals surface area contributed by atoms with E-state index in [9.17, 15) is 0 Å². The van der Waals surface area contributed by atoms with E-state index in [0.717, 1.165) is 54.9 Å². The minimum atomic E-state index is 0.204. The number of hydrogen-bond acceptors (Lipinski definition) is 4. The van der Waals surface area contributed by atoms with Gasteiger partial charge in [-0.15, -0.1) is 0 Å². The summed E-state index contributed by atoms with van der Waals surface area (Å²) >= 11 is 6.30. The summed E-state index contributed by atoms with van der Waals surface area (Å²) in [5, 5.41) is 4.22. The average Bonchev–Trinajstić information content (AvgIpc) is 2.74. The molecule has 3 heterocycles. The van der Waals surface area contributed by atoms with Gasteiger partial charge in [0, 0.05) is 37.1 Å². The molecular weight excluding hydrogens is 344 g/mol. The second-order valence-corrected chi connectivity index (χ2v) is 8.14. The molecule has 138 valence electrons. The van der Waals surface area contributed by atoms with Gasteiger partial charge in [-0.1, -0.05) is 30.2 Å². The molecule has 3 atom stereocenters. The molecule has 1 N–H and O–H groups in total. The molecule has 4 rings (SSSR count). The minimum Gasteiger partial charge on any atom is -0.353 e. The number of amidine groups is 1. The number of hydrogen-bond donors (Lipinski definition) is 1. The van der Waals surface area contributed by atoms with Crippen molar-refractivity contribution in [1.29, 1.82) is 0 Å². The van der Waals surface area contributed by atoms with Crippen LogP contribution < -0.4 is 5.32 Å². The van der Waals surface area contributed by atoms with Gasteiger partial charge in [0.2, 0.25) is 0 Å². The fourth-order valence-electron chi connectivity index (χ4n) is 4.11. The molecule has 5 heteroatoms. The lowest BCUT2D eigenvalue weighted by molar-refractivity contribution is 0.359. The van der Waals surface area contributed by atoms with Crippen molar-refractivity contribution in [1.82, 2.24) is 10.2 Å². The van der Waals surface area contributed by atoms with Crippen LogP contribution in [0.3, 0.4) is 0 Å². The van der Waals surface area contributed by atoms with Crippen LogP contribution in [0.1, 0.15) is 26.3 Å². The number of nitrogens with one attached hydrogen (secondary N) is 1. The van der Waals surface area contributed by atoms with Gasteiger partial charge in [0.1, 0.15) is 0 Å². The molecule has 0 radical (unpaired) electrons. The van der Waals surface area contributed by atoms with Crippen molar-refractivity contribution in [2.24, 2.45) is 21.8 Å². The fourth-order valence-corrected chi connectivity index (χ4v) is 4.31. The number of piperazine rings is 1. The summed E-state index contributed by atoms with van der Waals surface area (Å²) in [6.07, 6.45) is 3.38. The van der Waals surface area contributed by atoms with E-state index in [0.29, 0.717) is 11.8 Å². The van der Waals surface area contributed by atoms with Crippen LogP contribution in [0.2, 0.25) is 5.02 Å². The molecule has 1 fully saturated rings. The lowest BCUT2D eigenvalue weighted by Crippen LogP contribution is -2.50. The van der Waals surface area contributed by atoms with Crippen molar-refractivity contribution in [3.8, 4) is 0 Å². The van der Waals surface area contributed by atoms with Crippen LogP contribution in [0.4, 0.5) is 5.69 Å². The Hall–Kier alpha value is -1.65. The van der Waals surface area contributed by atoms with E-state index >= 15 is 0 Å². The highest BCUT2D eigenvalue weighted by atomic mass is 35.5. The predicted octanol–water partition coefficient (Wildman–Crippen LogP) is 3.87. The van der Waals surface area contributed by atoms with Crippen molar-refractivity contribution in [2.75, 3.05) is 26.2 Å². The number of aliphatic imine (C=N–C) groups is 2. The van der Waals surface area contributed by atoms with Crippen molar-refractivity contribution >= 4 is 28.8 Å². The summed E-state index contributed by atoms with van der Waals surface area (Å²) < 4.78 is 0. The molecule has 0 spiro atoms. The van der Waals surface area contributed by atoms with Crippen LogP contribution in [0.15, 0.2) is 39.8 Å². The molecule has 1 aromatic carbocycles. The molecule has 4 nitrogen and oxygen atoms in total. The van der Waals surface area contributed by atoms with Crippen LogP contribution in [0.5, 0.6) is 0 Å². The molecule has 0 aromatic heterocycles. The zero-order chi connectivity index (χ0) is 18.3. The van der Waals surface area contributed by atoms with E-state index in [1.165, 1.54) is 11.1 Å². The van der Waals surface area contributed by atoms with E-state index in [-0.39, 0.29) is 6.04 Å². The first-order valence-electron chi connectivity index (χ1n) is 9.62. The summed E-state index contributed by atoms with van der Waals surface area (Å²) in [7, 11) is 0. The van der Waals surface area contributed by atoms with Gasteiger partial charge < -0.3 is 10.2 Å². The summed E-state index contributed by atoms with van der Waals surface area (Å²) in [4.78, 5) is 12.7. The smallest absolute Gasteiger partial charge is 0.150 e. The summed E-state index contributed by atoms with van der Waals surface area (Å²) in [6, 6.07) is 6.29. The topological polar surface area (TPSA) is 40.0 Å². The van der Waals surface area contributed by atoms with E-state index in [1.54, 1.807) is 0 Å². The molecule has 26 heavy (non-hydrogen) atoms. The lowest BCUT2D eigenvalue weighted by atomic mass is 9.82. The van der Waals surface area contributed by atoms with Crippen LogP contribution >= 0.6 is 11.6 Å². The Morgan fingerprint density at radius 3 is 2.73 bits per heavy atom. The molecule has 0 saturated carbocycles. The van der Waals surface area contributed by atoms with Crippen molar-refractivity contribution in [3.63, 3.8) is 0 Å². The Morgan fingerprint density at radius 1 is 1.19 bits per heavy atom. The van der Waals surface area contributed by atoms with Crippen LogP contribution in [0, 0.1) is 11.8 Å². The highest BCUT2D eigenvalue weighted by molar-refractivity contribution is 6.42. The van der Waals surface area contributed by atoms with Gasteiger partial charge in [-0.3, -0.25) is 4.99 Å². The van der Waals surface area contributed by atoms with Gasteiger partial charge >= 0.3 is 0 Å². The molecule has 1 saturated heterocycles. The Kier molecular flexibility index (Phi) is 4.89. The third-order valence-corrected chi connectivity index (χ3v) is 6.15. The number of rotatable bonds is 0. The van der Waals surface area contributed by atoms with E-state index in [4.69, 9.17) is 21.6 Å². The fraction of sp³-hybridized carbons (Fsp3) is 0.524.